The van der Waals surface area contributed by atoms with E-state index in [1.54, 1.807) is 13.8 Å². The Labute approximate surface area is 145 Å². The summed E-state index contributed by atoms with van der Waals surface area (Å²) >= 11 is 1.53. The minimum Gasteiger partial charge on any atom is -0.477 e. The molecule has 5 atom stereocenters. The number of carbonyl (C=O) groups excluding carboxylic acids is 1. The molecule has 0 aromatic rings. The molecule has 8 heteroatoms. The van der Waals surface area contributed by atoms with Gasteiger partial charge in [0.05, 0.1) is 23.9 Å². The van der Waals surface area contributed by atoms with Gasteiger partial charge in [0.2, 0.25) is 5.91 Å². The lowest BCUT2D eigenvalue weighted by Gasteiger charge is -2.46. The number of carbonyl (C=O) groups is 2. The number of likely N-dealkylation sites (tertiary alicyclic amines) is 1. The molecule has 3 N–H and O–H groups in total. The van der Waals surface area contributed by atoms with Gasteiger partial charge in [-0.25, -0.2) is 4.79 Å². The summed E-state index contributed by atoms with van der Waals surface area (Å²) in [5, 5.41) is 27.4. The molecule has 2 saturated heterocycles. The SMILES string of the molecule is CC(=N)N1CC[C@@H](SC2=C(C(=O)O)N3C(=O)[C@H]([C@@H](C)O)[C@@H]3[C@@H]2C)C1. The third-order valence-electron chi connectivity index (χ3n) is 5.22. The summed E-state index contributed by atoms with van der Waals surface area (Å²) in [6.07, 6.45) is 0.116. The summed E-state index contributed by atoms with van der Waals surface area (Å²) in [7, 11) is 0. The van der Waals surface area contributed by atoms with Gasteiger partial charge in [-0.1, -0.05) is 6.92 Å². The van der Waals surface area contributed by atoms with E-state index in [9.17, 15) is 19.8 Å². The van der Waals surface area contributed by atoms with Crippen molar-refractivity contribution in [3.8, 4) is 0 Å². The van der Waals surface area contributed by atoms with Crippen LogP contribution in [0.3, 0.4) is 0 Å². The number of hydrogen-bond acceptors (Lipinski definition) is 5. The molecule has 0 aromatic heterocycles. The lowest BCUT2D eigenvalue weighted by Crippen LogP contribution is -2.63. The maximum absolute atomic E-state index is 12.3. The number of aliphatic carboxylic acids is 1. The van der Waals surface area contributed by atoms with E-state index >= 15 is 0 Å². The fraction of sp³-hybridized carbons (Fsp3) is 0.688. The van der Waals surface area contributed by atoms with Crippen molar-refractivity contribution in [2.45, 2.75) is 44.6 Å². The van der Waals surface area contributed by atoms with Gasteiger partial charge in [-0.2, -0.15) is 0 Å². The number of thioether (sulfide) groups is 1. The number of β-lactam (4-membered cyclic amide) rings is 1. The van der Waals surface area contributed by atoms with E-state index in [0.29, 0.717) is 5.84 Å². The number of hydrogen-bond donors (Lipinski definition) is 3. The summed E-state index contributed by atoms with van der Waals surface area (Å²) in [5.74, 6) is -1.45. The first-order valence-corrected chi connectivity index (χ1v) is 9.07. The maximum Gasteiger partial charge on any atom is 0.353 e. The van der Waals surface area contributed by atoms with E-state index in [2.05, 4.69) is 0 Å². The molecule has 3 rings (SSSR count). The zero-order valence-electron chi connectivity index (χ0n) is 14.0. The molecule has 3 aliphatic heterocycles. The molecule has 2 fully saturated rings. The first-order chi connectivity index (χ1) is 11.2. The monoisotopic (exact) mass is 353 g/mol. The van der Waals surface area contributed by atoms with Crippen molar-refractivity contribution in [3.63, 3.8) is 0 Å². The quantitative estimate of drug-likeness (QED) is 0.395. The predicted octanol–water partition coefficient (Wildman–Crippen LogP) is 0.945. The average molecular weight is 353 g/mol. The van der Waals surface area contributed by atoms with E-state index in [-0.39, 0.29) is 28.8 Å². The highest BCUT2D eigenvalue weighted by molar-refractivity contribution is 8.03. The summed E-state index contributed by atoms with van der Waals surface area (Å²) in [4.78, 5) is 28.1. The normalized spacial score (nSPS) is 33.6. The second kappa shape index (κ2) is 6.07. The average Bonchev–Trinajstić information content (AvgIpc) is 3.03. The molecule has 24 heavy (non-hydrogen) atoms. The van der Waals surface area contributed by atoms with Crippen LogP contribution in [0.2, 0.25) is 0 Å². The molecule has 3 aliphatic rings. The minimum absolute atomic E-state index is 0.0874. The Morgan fingerprint density at radius 1 is 1.46 bits per heavy atom. The Morgan fingerprint density at radius 2 is 2.12 bits per heavy atom. The number of carboxylic acid groups (broad SMARTS) is 1. The highest BCUT2D eigenvalue weighted by atomic mass is 32.2. The Bertz CT molecular complexity index is 633. The number of rotatable bonds is 4. The topological polar surface area (TPSA) is 105 Å². The van der Waals surface area contributed by atoms with Crippen molar-refractivity contribution < 1.29 is 19.8 Å². The minimum atomic E-state index is -1.08. The summed E-state index contributed by atoms with van der Waals surface area (Å²) in [6, 6.07) is -0.256. The van der Waals surface area contributed by atoms with Crippen molar-refractivity contribution in [1.29, 1.82) is 5.41 Å². The van der Waals surface area contributed by atoms with Crippen molar-refractivity contribution in [2.75, 3.05) is 13.1 Å². The summed E-state index contributed by atoms with van der Waals surface area (Å²) in [6.45, 7) is 6.80. The van der Waals surface area contributed by atoms with Gasteiger partial charge in [0.25, 0.3) is 0 Å². The fourth-order valence-electron chi connectivity index (χ4n) is 3.99. The van der Waals surface area contributed by atoms with Crippen molar-refractivity contribution in [2.24, 2.45) is 11.8 Å². The Balaban J connectivity index is 1.83. The van der Waals surface area contributed by atoms with Gasteiger partial charge < -0.3 is 20.0 Å². The van der Waals surface area contributed by atoms with Crippen LogP contribution in [0.5, 0.6) is 0 Å². The van der Waals surface area contributed by atoms with Gasteiger partial charge >= 0.3 is 5.97 Å². The van der Waals surface area contributed by atoms with E-state index in [1.165, 1.54) is 16.7 Å². The zero-order valence-corrected chi connectivity index (χ0v) is 14.8. The predicted molar refractivity (Wildman–Crippen MR) is 90.6 cm³/mol. The van der Waals surface area contributed by atoms with Gasteiger partial charge in [0.1, 0.15) is 5.70 Å². The third-order valence-corrected chi connectivity index (χ3v) is 6.76. The van der Waals surface area contributed by atoms with Crippen LogP contribution in [0.25, 0.3) is 0 Å². The Hall–Kier alpha value is -1.54. The Kier molecular flexibility index (Phi) is 4.37. The molecular formula is C16H23N3O4S. The standard InChI is InChI=1S/C16H23N3O4S/c1-7-12-11(8(2)20)15(21)19(12)13(16(22)23)14(7)24-10-4-5-18(6-10)9(3)17/h7-8,10-12,17,20H,4-6H2,1-3H3,(H,22,23)/t7-,8+,10+,11+,12-/m0/s1. The number of carboxylic acids is 1. The smallest absolute Gasteiger partial charge is 0.353 e. The highest BCUT2D eigenvalue weighted by Crippen LogP contribution is 2.51. The molecule has 0 unspecified atom stereocenters. The van der Waals surface area contributed by atoms with Gasteiger partial charge in [-0.15, -0.1) is 11.8 Å². The molecule has 0 aliphatic carbocycles. The number of amides is 1. The lowest BCUT2D eigenvalue weighted by atomic mass is 9.79. The third kappa shape index (κ3) is 2.52. The maximum atomic E-state index is 12.3. The van der Waals surface area contributed by atoms with Crippen LogP contribution in [0.4, 0.5) is 0 Å². The number of amidine groups is 1. The Morgan fingerprint density at radius 3 is 2.62 bits per heavy atom. The van der Waals surface area contributed by atoms with Gasteiger partial charge in [0.15, 0.2) is 0 Å². The van der Waals surface area contributed by atoms with Gasteiger partial charge in [0, 0.05) is 29.2 Å². The summed E-state index contributed by atoms with van der Waals surface area (Å²) < 4.78 is 0. The second-order valence-electron chi connectivity index (χ2n) is 6.83. The number of nitrogens with zero attached hydrogens (tertiary/aromatic N) is 2. The van der Waals surface area contributed by atoms with Crippen LogP contribution in [-0.4, -0.2) is 68.2 Å². The van der Waals surface area contributed by atoms with Crippen LogP contribution in [0.1, 0.15) is 27.2 Å². The van der Waals surface area contributed by atoms with E-state index in [1.807, 2.05) is 11.8 Å². The molecule has 0 saturated carbocycles. The molecule has 0 aromatic carbocycles. The van der Waals surface area contributed by atoms with Crippen LogP contribution in [0, 0.1) is 17.2 Å². The molecule has 0 radical (unpaired) electrons. The zero-order chi connectivity index (χ0) is 17.8. The van der Waals surface area contributed by atoms with Crippen molar-refractivity contribution >= 4 is 29.5 Å². The van der Waals surface area contributed by atoms with Crippen LogP contribution < -0.4 is 0 Å². The molecular weight excluding hydrogens is 330 g/mol. The lowest BCUT2D eigenvalue weighted by molar-refractivity contribution is -0.163. The van der Waals surface area contributed by atoms with E-state index < -0.39 is 18.0 Å². The van der Waals surface area contributed by atoms with Crippen molar-refractivity contribution in [1.82, 2.24) is 9.80 Å². The van der Waals surface area contributed by atoms with Gasteiger partial charge in [-0.05, 0) is 20.3 Å². The molecule has 0 bridgehead atoms. The van der Waals surface area contributed by atoms with Crippen LogP contribution >= 0.6 is 11.8 Å². The number of aliphatic hydroxyl groups excluding tert-OH is 1. The molecule has 0 spiro atoms. The van der Waals surface area contributed by atoms with E-state index in [4.69, 9.17) is 5.41 Å². The number of aliphatic hydroxyl groups is 1. The van der Waals surface area contributed by atoms with Gasteiger partial charge in [-0.3, -0.25) is 10.2 Å². The van der Waals surface area contributed by atoms with E-state index in [0.717, 1.165) is 24.4 Å². The molecule has 3 heterocycles. The second-order valence-corrected chi connectivity index (χ2v) is 8.17. The largest absolute Gasteiger partial charge is 0.477 e. The molecule has 132 valence electrons. The summed E-state index contributed by atoms with van der Waals surface area (Å²) in [5.41, 5.74) is 0.0874. The first kappa shape index (κ1) is 17.3. The van der Waals surface area contributed by atoms with Crippen LogP contribution in [-0.2, 0) is 9.59 Å². The highest BCUT2D eigenvalue weighted by Gasteiger charge is 2.60. The molecule has 1 amide bonds. The van der Waals surface area contributed by atoms with Crippen LogP contribution in [0.15, 0.2) is 10.6 Å². The van der Waals surface area contributed by atoms with Crippen molar-refractivity contribution in [3.05, 3.63) is 10.6 Å². The first-order valence-electron chi connectivity index (χ1n) is 8.19. The fourth-order valence-corrected chi connectivity index (χ4v) is 5.48. The number of nitrogens with one attached hydrogen (secondary N) is 1. The number of fused-ring (bicyclic) bond motifs is 1. The molecule has 7 nitrogen and oxygen atoms in total.